The zero-order valence-corrected chi connectivity index (χ0v) is 29.2. The Kier molecular flexibility index (Phi) is 6.26. The largest absolute Gasteiger partial charge is 0.507 e. The number of carbonyl (C=O) groups excluding carboxylic acids is 1. The molecule has 0 fully saturated rings. The maximum Gasteiger partial charge on any atom is 0.223 e. The Bertz CT molecular complexity index is 3320. The Morgan fingerprint density at radius 2 is 1.17 bits per heavy atom. The van der Waals surface area contributed by atoms with E-state index in [1.54, 1.807) is 0 Å². The van der Waals surface area contributed by atoms with Crippen LogP contribution in [0.15, 0.2) is 163 Å². The minimum Gasteiger partial charge on any atom is -0.507 e. The van der Waals surface area contributed by atoms with Crippen molar-refractivity contribution < 1.29 is 15.0 Å². The van der Waals surface area contributed by atoms with Gasteiger partial charge in [-0.05, 0) is 65.7 Å². The van der Waals surface area contributed by atoms with Crippen LogP contribution in [0.2, 0.25) is 0 Å². The van der Waals surface area contributed by atoms with Gasteiger partial charge in [0.1, 0.15) is 17.1 Å². The smallest absolute Gasteiger partial charge is 0.223 e. The number of hydrogen-bond donors (Lipinski definition) is 2. The van der Waals surface area contributed by atoms with E-state index in [9.17, 15) is 15.0 Å². The highest BCUT2D eigenvalue weighted by atomic mass is 16.3. The van der Waals surface area contributed by atoms with Crippen LogP contribution in [0, 0.1) is 0 Å². The molecule has 0 saturated carbocycles. The fraction of sp³-hybridized carbons (Fsp3) is 0.0204. The Balaban J connectivity index is 1.12. The molecule has 0 unspecified atom stereocenters. The standard InChI is InChI=1S/C49H30N2O3/c1-28-43(35-24-26-41-45(47(35)52)33-18-6-8-20-39(33)50(41)37-22-10-14-29-12-2-4-16-31(29)37)49(54)44(28)36-25-27-42-46(48(36)53)34-19-7-9-21-40(34)51(42)38-23-11-15-30-13-3-5-17-32(30)38/h2-27H,1H3,(H,52,53)/p+1. The molecular formula is C49H31N2O3+. The van der Waals surface area contributed by atoms with Crippen LogP contribution in [0.5, 0.6) is 11.5 Å². The third kappa shape index (κ3) is 3.98. The highest BCUT2D eigenvalue weighted by molar-refractivity contribution is 6.52. The van der Waals surface area contributed by atoms with Gasteiger partial charge in [0, 0.05) is 50.9 Å². The van der Waals surface area contributed by atoms with Gasteiger partial charge < -0.3 is 14.8 Å². The molecule has 254 valence electrons. The predicted octanol–water partition coefficient (Wildman–Crippen LogP) is 9.84. The lowest BCUT2D eigenvalue weighted by Crippen LogP contribution is -2.28. The zero-order valence-electron chi connectivity index (χ0n) is 29.2. The van der Waals surface area contributed by atoms with E-state index in [2.05, 4.69) is 81.9 Å². The van der Waals surface area contributed by atoms with Crippen LogP contribution in [0.25, 0.3) is 71.3 Å². The molecular weight excluding hydrogens is 665 g/mol. The third-order valence-corrected chi connectivity index (χ3v) is 11.4. The number of ketones is 1. The molecule has 0 atom stereocenters. The van der Waals surface area contributed by atoms with E-state index in [-0.39, 0.29) is 17.3 Å². The molecule has 1 aliphatic carbocycles. The van der Waals surface area contributed by atoms with Crippen molar-refractivity contribution in [3.63, 3.8) is 0 Å². The molecule has 2 heterocycles. The second kappa shape index (κ2) is 11.1. The SMILES string of the molecule is CC1=C(c2ccc3c(c2O)c2ccccc2n3-c2cccc3ccccc23)C(=O)/C1=c1\ccc2c(c1O)-c1ccccc1[N+]=2c1cccc2ccccc12. The summed E-state index contributed by atoms with van der Waals surface area (Å²) in [5.41, 5.74) is 8.58. The minimum atomic E-state index is -0.201. The fourth-order valence-electron chi connectivity index (χ4n) is 8.99. The second-order valence-electron chi connectivity index (χ2n) is 14.1. The number of aromatic nitrogens is 1. The maximum atomic E-state index is 14.3. The summed E-state index contributed by atoms with van der Waals surface area (Å²) in [4.78, 5) is 14.3. The number of carbonyl (C=O) groups is 1. The van der Waals surface area contributed by atoms with Gasteiger partial charge in [-0.1, -0.05) is 97.1 Å². The number of hydrogen-bond acceptors (Lipinski definition) is 3. The van der Waals surface area contributed by atoms with Crippen LogP contribution in [0.3, 0.4) is 0 Å². The molecule has 0 spiro atoms. The maximum absolute atomic E-state index is 14.3. The van der Waals surface area contributed by atoms with Gasteiger partial charge in [-0.25, -0.2) is 0 Å². The number of phenols is 2. The van der Waals surface area contributed by atoms with Crippen molar-refractivity contribution in [3.05, 3.63) is 179 Å². The summed E-state index contributed by atoms with van der Waals surface area (Å²) >= 11 is 0. The van der Waals surface area contributed by atoms with Crippen LogP contribution < -0.4 is 15.2 Å². The molecule has 0 radical (unpaired) electrons. The van der Waals surface area contributed by atoms with Crippen molar-refractivity contribution in [2.45, 2.75) is 6.92 Å². The Hall–Kier alpha value is -7.24. The number of aromatic hydroxyl groups is 2. The number of fused-ring (bicyclic) bond motifs is 8. The van der Waals surface area contributed by atoms with Gasteiger partial charge in [-0.2, -0.15) is 4.58 Å². The number of Topliss-reactive ketones (excluding diaryl/α,β-unsaturated/α-hetero) is 1. The zero-order chi connectivity index (χ0) is 36.2. The number of nitrogens with zero attached hydrogens (tertiary/aromatic N) is 2. The lowest BCUT2D eigenvalue weighted by atomic mass is 9.76. The average molecular weight is 696 g/mol. The quantitative estimate of drug-likeness (QED) is 0.181. The van der Waals surface area contributed by atoms with Crippen LogP contribution >= 0.6 is 0 Å². The molecule has 5 heteroatoms. The molecule has 2 N–H and O–H groups in total. The van der Waals surface area contributed by atoms with E-state index in [4.69, 9.17) is 0 Å². The lowest BCUT2D eigenvalue weighted by Gasteiger charge is -2.25. The van der Waals surface area contributed by atoms with Crippen molar-refractivity contribution in [1.29, 1.82) is 0 Å². The molecule has 9 aromatic rings. The predicted molar refractivity (Wildman–Crippen MR) is 218 cm³/mol. The summed E-state index contributed by atoms with van der Waals surface area (Å²) < 4.78 is 4.39. The van der Waals surface area contributed by atoms with E-state index < -0.39 is 0 Å². The first-order chi connectivity index (χ1) is 26.5. The molecule has 0 bridgehead atoms. The summed E-state index contributed by atoms with van der Waals surface area (Å²) in [6.07, 6.45) is 0. The van der Waals surface area contributed by atoms with Crippen LogP contribution in [0.1, 0.15) is 12.5 Å². The number of rotatable bonds is 3. The van der Waals surface area contributed by atoms with E-state index in [1.165, 1.54) is 0 Å². The Morgan fingerprint density at radius 1 is 0.519 bits per heavy atom. The summed E-state index contributed by atoms with van der Waals surface area (Å²) in [5.74, 6) is -0.0584. The number of allylic oxidation sites excluding steroid dienone is 2. The molecule has 0 saturated heterocycles. The molecule has 1 aliphatic heterocycles. The lowest BCUT2D eigenvalue weighted by molar-refractivity contribution is -0.109. The van der Waals surface area contributed by atoms with Crippen molar-refractivity contribution in [1.82, 2.24) is 9.14 Å². The average Bonchev–Trinajstić information content (AvgIpc) is 3.73. The van der Waals surface area contributed by atoms with Gasteiger partial charge in [-0.15, -0.1) is 0 Å². The third-order valence-electron chi connectivity index (χ3n) is 11.4. The number of para-hydroxylation sites is 2. The molecule has 5 nitrogen and oxygen atoms in total. The number of benzene rings is 8. The van der Waals surface area contributed by atoms with Crippen molar-refractivity contribution >= 4 is 71.7 Å². The van der Waals surface area contributed by atoms with E-state index in [0.29, 0.717) is 32.9 Å². The van der Waals surface area contributed by atoms with Crippen molar-refractivity contribution in [2.24, 2.45) is 0 Å². The monoisotopic (exact) mass is 695 g/mol. The molecule has 0 amide bonds. The molecule has 2 aliphatic rings. The van der Waals surface area contributed by atoms with E-state index >= 15 is 0 Å². The topological polar surface area (TPSA) is 65.5 Å². The summed E-state index contributed by atoms with van der Waals surface area (Å²) in [5, 5.41) is 31.6. The minimum absolute atomic E-state index is 0.0715. The normalized spacial score (nSPS) is 14.7. The van der Waals surface area contributed by atoms with Crippen molar-refractivity contribution in [2.75, 3.05) is 0 Å². The van der Waals surface area contributed by atoms with E-state index in [0.717, 1.165) is 71.5 Å². The van der Waals surface area contributed by atoms with Gasteiger partial charge in [0.05, 0.1) is 33.1 Å². The molecule has 8 aromatic carbocycles. The summed E-state index contributed by atoms with van der Waals surface area (Å²) in [7, 11) is 0. The molecule has 54 heavy (non-hydrogen) atoms. The Labute approximate surface area is 309 Å². The van der Waals surface area contributed by atoms with Gasteiger partial charge in [0.25, 0.3) is 0 Å². The molecule has 1 aromatic heterocycles. The summed E-state index contributed by atoms with van der Waals surface area (Å²) in [6, 6.07) is 53.0. The van der Waals surface area contributed by atoms with E-state index in [1.807, 2.05) is 91.9 Å². The van der Waals surface area contributed by atoms with Crippen LogP contribution in [-0.4, -0.2) is 20.6 Å². The highest BCUT2D eigenvalue weighted by Crippen LogP contribution is 2.47. The van der Waals surface area contributed by atoms with Gasteiger partial charge in [0.15, 0.2) is 5.78 Å². The van der Waals surface area contributed by atoms with Gasteiger partial charge >= 0.3 is 0 Å². The van der Waals surface area contributed by atoms with Gasteiger partial charge in [0.2, 0.25) is 16.7 Å². The highest BCUT2D eigenvalue weighted by Gasteiger charge is 2.38. The Morgan fingerprint density at radius 3 is 1.98 bits per heavy atom. The summed E-state index contributed by atoms with van der Waals surface area (Å²) in [6.45, 7) is 1.90. The number of phenolic OH excluding ortho intramolecular Hbond substituents is 2. The van der Waals surface area contributed by atoms with Gasteiger partial charge in [-0.3, -0.25) is 4.79 Å². The van der Waals surface area contributed by atoms with Crippen LogP contribution in [0.4, 0.5) is 11.4 Å². The first kappa shape index (κ1) is 30.4. The van der Waals surface area contributed by atoms with Crippen molar-refractivity contribution in [3.8, 4) is 28.3 Å². The fourth-order valence-corrected chi connectivity index (χ4v) is 8.99. The molecule has 11 rings (SSSR count). The first-order valence-corrected chi connectivity index (χ1v) is 18.1. The first-order valence-electron chi connectivity index (χ1n) is 18.1. The second-order valence-corrected chi connectivity index (χ2v) is 14.1. The van der Waals surface area contributed by atoms with Crippen LogP contribution in [-0.2, 0) is 4.79 Å².